The number of para-hydroxylation sites is 1. The summed E-state index contributed by atoms with van der Waals surface area (Å²) in [5.74, 6) is 0.518. The van der Waals surface area contributed by atoms with Crippen molar-refractivity contribution in [1.82, 2.24) is 19.7 Å². The number of nitrogens with two attached hydrogens (primary N) is 1. The van der Waals surface area contributed by atoms with Crippen LogP contribution in [0.1, 0.15) is 0 Å². The third kappa shape index (κ3) is 4.47. The van der Waals surface area contributed by atoms with Gasteiger partial charge >= 0.3 is 0 Å². The summed E-state index contributed by atoms with van der Waals surface area (Å²) >= 11 is 0. The van der Waals surface area contributed by atoms with Crippen LogP contribution in [0.4, 0.5) is 17.2 Å². The molecular formula is C25H24N8O2. The number of hydrogen-bond donors (Lipinski definition) is 2. The molecule has 0 aliphatic heterocycles. The molecule has 0 aliphatic rings. The standard InChI is InChI=1S/C25H24N8O2/c1-16(14-26)25(34)32(18-7-5-4-6-8-18)11-12-33-24-21(23(27)29-15-30-24)22(31-33)17-9-10-20(35-3)19(13-17)28-2/h4-10,13,15,28H,1,11-12H2,2-3H3,(H2,27,29,30). The minimum Gasteiger partial charge on any atom is -0.495 e. The Morgan fingerprint density at radius 3 is 2.71 bits per heavy atom. The van der Waals surface area contributed by atoms with Gasteiger partial charge in [-0.1, -0.05) is 24.8 Å². The van der Waals surface area contributed by atoms with Crippen molar-refractivity contribution >= 4 is 34.1 Å². The Morgan fingerprint density at radius 2 is 2.03 bits per heavy atom. The van der Waals surface area contributed by atoms with Crippen molar-refractivity contribution in [2.75, 3.05) is 36.7 Å². The normalized spacial score (nSPS) is 10.5. The van der Waals surface area contributed by atoms with Gasteiger partial charge in [-0.3, -0.25) is 4.79 Å². The highest BCUT2D eigenvalue weighted by atomic mass is 16.5. The molecule has 0 unspecified atom stereocenters. The molecule has 0 saturated carbocycles. The van der Waals surface area contributed by atoms with E-state index in [1.165, 1.54) is 11.2 Å². The largest absolute Gasteiger partial charge is 0.495 e. The van der Waals surface area contributed by atoms with E-state index in [9.17, 15) is 10.1 Å². The molecule has 2 aromatic heterocycles. The second-order valence-corrected chi connectivity index (χ2v) is 7.58. The predicted octanol–water partition coefficient (Wildman–Crippen LogP) is 3.24. The molecule has 10 nitrogen and oxygen atoms in total. The number of aromatic nitrogens is 4. The minimum atomic E-state index is -0.474. The molecule has 0 spiro atoms. The van der Waals surface area contributed by atoms with Gasteiger partial charge in [0.25, 0.3) is 5.91 Å². The van der Waals surface area contributed by atoms with Crippen LogP contribution in [0.3, 0.4) is 0 Å². The lowest BCUT2D eigenvalue weighted by Gasteiger charge is -2.22. The molecule has 0 bridgehead atoms. The molecule has 35 heavy (non-hydrogen) atoms. The lowest BCUT2D eigenvalue weighted by atomic mass is 10.1. The number of nitrogens with zero attached hydrogens (tertiary/aromatic N) is 6. The molecule has 2 aromatic carbocycles. The van der Waals surface area contributed by atoms with Crippen LogP contribution in [-0.2, 0) is 11.3 Å². The molecule has 0 atom stereocenters. The van der Waals surface area contributed by atoms with Crippen LogP contribution in [0.2, 0.25) is 0 Å². The van der Waals surface area contributed by atoms with Gasteiger partial charge in [0.1, 0.15) is 35.2 Å². The summed E-state index contributed by atoms with van der Waals surface area (Å²) in [7, 11) is 3.41. The smallest absolute Gasteiger partial charge is 0.268 e. The number of nitrogens with one attached hydrogen (secondary N) is 1. The topological polar surface area (TPSA) is 135 Å². The van der Waals surface area contributed by atoms with Crippen molar-refractivity contribution in [3.63, 3.8) is 0 Å². The van der Waals surface area contributed by atoms with Gasteiger partial charge < -0.3 is 20.7 Å². The first-order valence-corrected chi connectivity index (χ1v) is 10.8. The van der Waals surface area contributed by atoms with Gasteiger partial charge in [-0.05, 0) is 30.3 Å². The fourth-order valence-electron chi connectivity index (χ4n) is 3.80. The van der Waals surface area contributed by atoms with E-state index in [2.05, 4.69) is 21.9 Å². The minimum absolute atomic E-state index is 0.149. The van der Waals surface area contributed by atoms with Crippen molar-refractivity contribution in [1.29, 1.82) is 5.26 Å². The first-order chi connectivity index (χ1) is 17.0. The molecule has 1 amide bonds. The van der Waals surface area contributed by atoms with E-state index in [0.29, 0.717) is 40.5 Å². The maximum atomic E-state index is 12.9. The summed E-state index contributed by atoms with van der Waals surface area (Å²) in [5.41, 5.74) is 9.46. The van der Waals surface area contributed by atoms with Crippen LogP contribution in [0.25, 0.3) is 22.3 Å². The predicted molar refractivity (Wildman–Crippen MR) is 135 cm³/mol. The number of nitrogen functional groups attached to an aromatic ring is 1. The van der Waals surface area contributed by atoms with Gasteiger partial charge in [0.05, 0.1) is 24.7 Å². The summed E-state index contributed by atoms with van der Waals surface area (Å²) in [5, 5.41) is 17.7. The zero-order valence-electron chi connectivity index (χ0n) is 19.4. The van der Waals surface area contributed by atoms with Gasteiger partial charge in [-0.25, -0.2) is 14.6 Å². The van der Waals surface area contributed by atoms with Crippen molar-refractivity contribution in [2.45, 2.75) is 6.54 Å². The Morgan fingerprint density at radius 1 is 1.26 bits per heavy atom. The highest BCUT2D eigenvalue weighted by Crippen LogP contribution is 2.34. The zero-order valence-corrected chi connectivity index (χ0v) is 19.4. The number of hydrogen-bond acceptors (Lipinski definition) is 8. The summed E-state index contributed by atoms with van der Waals surface area (Å²) in [6.45, 7) is 4.11. The number of ether oxygens (including phenoxy) is 1. The Balaban J connectivity index is 1.75. The third-order valence-electron chi connectivity index (χ3n) is 5.54. The highest BCUT2D eigenvalue weighted by molar-refractivity contribution is 6.07. The molecule has 0 fully saturated rings. The maximum absolute atomic E-state index is 12.9. The molecule has 0 radical (unpaired) electrons. The van der Waals surface area contributed by atoms with Crippen LogP contribution in [0.5, 0.6) is 5.75 Å². The molecule has 4 aromatic rings. The Hall–Kier alpha value is -4.91. The van der Waals surface area contributed by atoms with Gasteiger partial charge in [0, 0.05) is 24.8 Å². The number of anilines is 3. The lowest BCUT2D eigenvalue weighted by Crippen LogP contribution is -2.34. The maximum Gasteiger partial charge on any atom is 0.268 e. The van der Waals surface area contributed by atoms with Crippen molar-refractivity contribution < 1.29 is 9.53 Å². The number of methoxy groups -OCH3 is 1. The second kappa shape index (κ2) is 9.93. The number of benzene rings is 2. The fourth-order valence-corrected chi connectivity index (χ4v) is 3.80. The zero-order chi connectivity index (χ0) is 24.9. The van der Waals surface area contributed by atoms with Crippen molar-refractivity contribution in [3.05, 3.63) is 67.0 Å². The molecule has 4 rings (SSSR count). The van der Waals surface area contributed by atoms with Gasteiger partial charge in [0.2, 0.25) is 0 Å². The Bertz CT molecular complexity index is 1440. The van der Waals surface area contributed by atoms with E-state index in [1.807, 2.05) is 42.5 Å². The molecule has 0 saturated heterocycles. The average Bonchev–Trinajstić information content (AvgIpc) is 3.28. The summed E-state index contributed by atoms with van der Waals surface area (Å²) in [4.78, 5) is 22.9. The number of nitriles is 1. The number of rotatable bonds is 8. The first-order valence-electron chi connectivity index (χ1n) is 10.8. The molecule has 3 N–H and O–H groups in total. The van der Waals surface area contributed by atoms with E-state index >= 15 is 0 Å². The van der Waals surface area contributed by atoms with E-state index < -0.39 is 5.91 Å². The lowest BCUT2D eigenvalue weighted by molar-refractivity contribution is -0.114. The van der Waals surface area contributed by atoms with Crippen LogP contribution < -0.4 is 20.7 Å². The molecular weight excluding hydrogens is 444 g/mol. The number of amides is 1. The first kappa shape index (κ1) is 23.3. The van der Waals surface area contributed by atoms with E-state index in [-0.39, 0.29) is 12.1 Å². The van der Waals surface area contributed by atoms with Crippen LogP contribution in [-0.4, -0.2) is 46.4 Å². The molecule has 10 heteroatoms. The molecule has 176 valence electrons. The Kier molecular flexibility index (Phi) is 6.59. The van der Waals surface area contributed by atoms with Crippen molar-refractivity contribution in [2.24, 2.45) is 0 Å². The summed E-state index contributed by atoms with van der Waals surface area (Å²) < 4.78 is 7.08. The Labute approximate surface area is 202 Å². The molecule has 0 aliphatic carbocycles. The number of carbonyl (C=O) groups excluding carboxylic acids is 1. The SMILES string of the molecule is C=C(C#N)C(=O)N(CCn1nc(-c2ccc(OC)c(NC)c2)c2c(N)ncnc21)c1ccccc1. The second-order valence-electron chi connectivity index (χ2n) is 7.58. The van der Waals surface area contributed by atoms with E-state index in [0.717, 1.165) is 11.3 Å². The number of carbonyl (C=O) groups is 1. The van der Waals surface area contributed by atoms with E-state index in [1.54, 1.807) is 31.0 Å². The fraction of sp³-hybridized carbons (Fsp3) is 0.160. The summed E-state index contributed by atoms with van der Waals surface area (Å²) in [6.07, 6.45) is 1.38. The monoisotopic (exact) mass is 468 g/mol. The summed E-state index contributed by atoms with van der Waals surface area (Å²) in [6, 6.07) is 16.6. The number of fused-ring (bicyclic) bond motifs is 1. The van der Waals surface area contributed by atoms with Crippen molar-refractivity contribution in [3.8, 4) is 23.1 Å². The quantitative estimate of drug-likeness (QED) is 0.297. The van der Waals surface area contributed by atoms with Gasteiger partial charge in [0.15, 0.2) is 5.65 Å². The van der Waals surface area contributed by atoms with Gasteiger partial charge in [-0.15, -0.1) is 0 Å². The molecule has 2 heterocycles. The van der Waals surface area contributed by atoms with E-state index in [4.69, 9.17) is 15.6 Å². The average molecular weight is 469 g/mol. The van der Waals surface area contributed by atoms with Crippen LogP contribution in [0.15, 0.2) is 67.0 Å². The highest BCUT2D eigenvalue weighted by Gasteiger charge is 2.22. The van der Waals surface area contributed by atoms with Gasteiger partial charge in [-0.2, -0.15) is 10.4 Å². The van der Waals surface area contributed by atoms with Crippen LogP contribution in [0, 0.1) is 11.3 Å². The third-order valence-corrected chi connectivity index (χ3v) is 5.54. The van der Waals surface area contributed by atoms with Crippen LogP contribution >= 0.6 is 0 Å².